The molecule has 3 aromatic rings. The summed E-state index contributed by atoms with van der Waals surface area (Å²) in [5.74, 6) is 0.621. The highest BCUT2D eigenvalue weighted by Crippen LogP contribution is 2.14. The Kier molecular flexibility index (Phi) is 2.15. The maximum Gasteiger partial charge on any atom is 0.182 e. The van der Waals surface area contributed by atoms with Crippen LogP contribution in [0.3, 0.4) is 0 Å². The van der Waals surface area contributed by atoms with Gasteiger partial charge in [-0.05, 0) is 24.3 Å². The van der Waals surface area contributed by atoms with Gasteiger partial charge in [-0.15, -0.1) is 5.10 Å². The van der Waals surface area contributed by atoms with Gasteiger partial charge in [-0.25, -0.2) is 9.50 Å². The minimum atomic E-state index is 0.573. The maximum atomic E-state index is 10.7. The van der Waals surface area contributed by atoms with Crippen molar-refractivity contribution in [1.29, 1.82) is 0 Å². The fraction of sp³-hybridized carbons (Fsp3) is 0. The van der Waals surface area contributed by atoms with Crippen LogP contribution in [0.15, 0.2) is 42.9 Å². The molecule has 0 aromatic carbocycles. The fourth-order valence-electron chi connectivity index (χ4n) is 1.59. The van der Waals surface area contributed by atoms with Crippen LogP contribution in [-0.2, 0) is 0 Å². The molecule has 0 atom stereocenters. The summed E-state index contributed by atoms with van der Waals surface area (Å²) in [6, 6.07) is 7.17. The van der Waals surface area contributed by atoms with E-state index in [9.17, 15) is 4.79 Å². The third-order valence-corrected chi connectivity index (χ3v) is 2.43. The Morgan fingerprint density at radius 2 is 1.94 bits per heavy atom. The predicted octanol–water partition coefficient (Wildman–Crippen LogP) is 1.60. The quantitative estimate of drug-likeness (QED) is 0.620. The van der Waals surface area contributed by atoms with E-state index in [1.54, 1.807) is 35.2 Å². The lowest BCUT2D eigenvalue weighted by molar-refractivity contribution is 0.112. The molecule has 0 aliphatic rings. The number of carbonyl (C=O) groups is 1. The topological polar surface area (TPSA) is 60.2 Å². The highest BCUT2D eigenvalue weighted by Gasteiger charge is 2.05. The molecule has 0 saturated heterocycles. The summed E-state index contributed by atoms with van der Waals surface area (Å²) in [5, 5.41) is 4.31. The van der Waals surface area contributed by atoms with Gasteiger partial charge in [-0.1, -0.05) is 0 Å². The molecule has 0 fully saturated rings. The zero-order chi connectivity index (χ0) is 11.7. The standard InChI is InChI=1S/C12H8N4O/c17-8-9-1-2-11-14-12(15-16(11)7-9)10-3-5-13-6-4-10/h1-8H. The summed E-state index contributed by atoms with van der Waals surface area (Å²) in [4.78, 5) is 19.0. The average molecular weight is 224 g/mol. The van der Waals surface area contributed by atoms with Gasteiger partial charge in [-0.2, -0.15) is 0 Å². The Hall–Kier alpha value is -2.56. The van der Waals surface area contributed by atoms with Crippen LogP contribution in [0.25, 0.3) is 17.0 Å². The molecule has 0 radical (unpaired) electrons. The second kappa shape index (κ2) is 3.79. The second-order valence-corrected chi connectivity index (χ2v) is 3.55. The van der Waals surface area contributed by atoms with Crippen LogP contribution in [0.2, 0.25) is 0 Å². The molecule has 0 spiro atoms. The Morgan fingerprint density at radius 3 is 2.71 bits per heavy atom. The summed E-state index contributed by atoms with van der Waals surface area (Å²) >= 11 is 0. The number of aromatic nitrogens is 4. The molecule has 17 heavy (non-hydrogen) atoms. The Balaban J connectivity index is 2.17. The van der Waals surface area contributed by atoms with Crippen LogP contribution in [0.1, 0.15) is 10.4 Å². The first-order valence-electron chi connectivity index (χ1n) is 5.09. The van der Waals surface area contributed by atoms with E-state index in [-0.39, 0.29) is 0 Å². The smallest absolute Gasteiger partial charge is 0.182 e. The van der Waals surface area contributed by atoms with E-state index in [1.807, 2.05) is 12.1 Å². The van der Waals surface area contributed by atoms with Gasteiger partial charge < -0.3 is 0 Å². The number of carbonyl (C=O) groups excluding carboxylic acids is 1. The number of aldehydes is 1. The molecular formula is C12H8N4O. The van der Waals surface area contributed by atoms with Crippen molar-refractivity contribution in [2.45, 2.75) is 0 Å². The van der Waals surface area contributed by atoms with Crippen molar-refractivity contribution in [3.63, 3.8) is 0 Å². The number of pyridine rings is 2. The molecular weight excluding hydrogens is 216 g/mol. The SMILES string of the molecule is O=Cc1ccc2nc(-c3ccncc3)nn2c1. The van der Waals surface area contributed by atoms with Crippen molar-refractivity contribution >= 4 is 11.9 Å². The number of fused-ring (bicyclic) bond motifs is 1. The number of rotatable bonds is 2. The van der Waals surface area contributed by atoms with Crippen LogP contribution in [0, 0.1) is 0 Å². The lowest BCUT2D eigenvalue weighted by Crippen LogP contribution is -1.90. The monoisotopic (exact) mass is 224 g/mol. The summed E-state index contributed by atoms with van der Waals surface area (Å²) < 4.78 is 1.60. The van der Waals surface area contributed by atoms with Crippen LogP contribution < -0.4 is 0 Å². The number of hydrogen-bond acceptors (Lipinski definition) is 4. The van der Waals surface area contributed by atoms with E-state index >= 15 is 0 Å². The highest BCUT2D eigenvalue weighted by atomic mass is 16.1. The van der Waals surface area contributed by atoms with E-state index in [1.165, 1.54) is 0 Å². The lowest BCUT2D eigenvalue weighted by Gasteiger charge is -1.91. The van der Waals surface area contributed by atoms with E-state index < -0.39 is 0 Å². The molecule has 3 heterocycles. The summed E-state index contributed by atoms with van der Waals surface area (Å²) in [6.45, 7) is 0. The molecule has 0 saturated carbocycles. The summed E-state index contributed by atoms with van der Waals surface area (Å²) in [5.41, 5.74) is 2.18. The maximum absolute atomic E-state index is 10.7. The zero-order valence-electron chi connectivity index (χ0n) is 8.82. The lowest BCUT2D eigenvalue weighted by atomic mass is 10.2. The van der Waals surface area contributed by atoms with Crippen LogP contribution in [0.4, 0.5) is 0 Å². The van der Waals surface area contributed by atoms with Crippen molar-refractivity contribution in [3.05, 3.63) is 48.4 Å². The van der Waals surface area contributed by atoms with Gasteiger partial charge in [0.1, 0.15) is 0 Å². The number of hydrogen-bond donors (Lipinski definition) is 0. The van der Waals surface area contributed by atoms with Crippen LogP contribution >= 0.6 is 0 Å². The van der Waals surface area contributed by atoms with Crippen LogP contribution in [-0.4, -0.2) is 25.9 Å². The summed E-state index contributed by atoms with van der Waals surface area (Å²) in [7, 11) is 0. The second-order valence-electron chi connectivity index (χ2n) is 3.55. The molecule has 0 N–H and O–H groups in total. The first kappa shape index (κ1) is 9.65. The van der Waals surface area contributed by atoms with Gasteiger partial charge >= 0.3 is 0 Å². The largest absolute Gasteiger partial charge is 0.298 e. The van der Waals surface area contributed by atoms with Gasteiger partial charge in [0.05, 0.1) is 0 Å². The molecule has 3 rings (SSSR count). The van der Waals surface area contributed by atoms with Crippen molar-refractivity contribution in [2.75, 3.05) is 0 Å². The molecule has 0 aliphatic carbocycles. The molecule has 3 aromatic heterocycles. The van der Waals surface area contributed by atoms with Gasteiger partial charge in [0.25, 0.3) is 0 Å². The third kappa shape index (κ3) is 1.67. The normalized spacial score (nSPS) is 10.6. The third-order valence-electron chi connectivity index (χ3n) is 2.43. The van der Waals surface area contributed by atoms with E-state index in [0.717, 1.165) is 11.8 Å². The number of nitrogens with zero attached hydrogens (tertiary/aromatic N) is 4. The minimum absolute atomic E-state index is 0.573. The molecule has 0 amide bonds. The molecule has 5 heteroatoms. The van der Waals surface area contributed by atoms with Crippen LogP contribution in [0.5, 0.6) is 0 Å². The summed E-state index contributed by atoms with van der Waals surface area (Å²) in [6.07, 6.45) is 5.82. The van der Waals surface area contributed by atoms with E-state index in [4.69, 9.17) is 0 Å². The Morgan fingerprint density at radius 1 is 1.12 bits per heavy atom. The van der Waals surface area contributed by atoms with Crippen molar-refractivity contribution < 1.29 is 4.79 Å². The first-order chi connectivity index (χ1) is 8.36. The van der Waals surface area contributed by atoms with Gasteiger partial charge in [0.2, 0.25) is 0 Å². The van der Waals surface area contributed by atoms with E-state index in [2.05, 4.69) is 15.1 Å². The minimum Gasteiger partial charge on any atom is -0.298 e. The average Bonchev–Trinajstić information content (AvgIpc) is 2.82. The molecule has 0 bridgehead atoms. The van der Waals surface area contributed by atoms with Gasteiger partial charge in [0.15, 0.2) is 17.8 Å². The van der Waals surface area contributed by atoms with Crippen molar-refractivity contribution in [3.8, 4) is 11.4 Å². The van der Waals surface area contributed by atoms with Crippen molar-refractivity contribution in [2.24, 2.45) is 0 Å². The van der Waals surface area contributed by atoms with E-state index in [0.29, 0.717) is 17.0 Å². The first-order valence-corrected chi connectivity index (χ1v) is 5.09. The van der Waals surface area contributed by atoms with Gasteiger partial charge in [-0.3, -0.25) is 9.78 Å². The molecule has 5 nitrogen and oxygen atoms in total. The highest BCUT2D eigenvalue weighted by molar-refractivity contribution is 5.75. The zero-order valence-corrected chi connectivity index (χ0v) is 8.82. The predicted molar refractivity (Wildman–Crippen MR) is 61.6 cm³/mol. The Labute approximate surface area is 96.8 Å². The Bertz CT molecular complexity index is 675. The van der Waals surface area contributed by atoms with Crippen molar-refractivity contribution in [1.82, 2.24) is 19.6 Å². The van der Waals surface area contributed by atoms with Gasteiger partial charge in [0, 0.05) is 29.7 Å². The molecule has 0 unspecified atom stereocenters. The fourth-order valence-corrected chi connectivity index (χ4v) is 1.59. The molecule has 82 valence electrons. The molecule has 0 aliphatic heterocycles.